The third-order valence-electron chi connectivity index (χ3n) is 4.85. The van der Waals surface area contributed by atoms with Crippen LogP contribution >= 0.6 is 0 Å². The number of fused-ring (bicyclic) bond motifs is 1. The smallest absolute Gasteiger partial charge is 0.263 e. The van der Waals surface area contributed by atoms with E-state index in [4.69, 9.17) is 19.3 Å². The van der Waals surface area contributed by atoms with E-state index in [0.717, 1.165) is 4.90 Å². The van der Waals surface area contributed by atoms with Crippen molar-refractivity contribution in [1.82, 2.24) is 10.2 Å². The van der Waals surface area contributed by atoms with Gasteiger partial charge in [-0.05, 0) is 18.6 Å². The predicted molar refractivity (Wildman–Crippen MR) is 110 cm³/mol. The molecule has 3 rings (SSSR count). The summed E-state index contributed by atoms with van der Waals surface area (Å²) in [5.41, 5.74) is 0.710. The number of hydrogen-bond donors (Lipinski definition) is 2. The maximum atomic E-state index is 13.0. The second kappa shape index (κ2) is 11.5. The van der Waals surface area contributed by atoms with E-state index in [9.17, 15) is 19.2 Å². The average Bonchev–Trinajstić information content (AvgIpc) is 3.03. The van der Waals surface area contributed by atoms with Crippen LogP contribution in [0.5, 0.6) is 0 Å². The summed E-state index contributed by atoms with van der Waals surface area (Å²) in [6.07, 6.45) is 0.161. The van der Waals surface area contributed by atoms with Crippen molar-refractivity contribution in [3.8, 4) is 11.8 Å². The van der Waals surface area contributed by atoms with Crippen molar-refractivity contribution in [3.05, 3.63) is 34.9 Å². The van der Waals surface area contributed by atoms with E-state index < -0.39 is 29.7 Å². The molecule has 1 unspecified atom stereocenters. The van der Waals surface area contributed by atoms with Gasteiger partial charge in [0.05, 0.1) is 50.8 Å². The highest BCUT2D eigenvalue weighted by atomic mass is 16.5. The van der Waals surface area contributed by atoms with Crippen molar-refractivity contribution in [2.45, 2.75) is 18.9 Å². The van der Waals surface area contributed by atoms with E-state index in [0.29, 0.717) is 32.0 Å². The maximum Gasteiger partial charge on any atom is 0.263 e. The summed E-state index contributed by atoms with van der Waals surface area (Å²) in [4.78, 5) is 50.2. The number of ether oxygens (including phenoxy) is 3. The van der Waals surface area contributed by atoms with Gasteiger partial charge >= 0.3 is 0 Å². The quantitative estimate of drug-likeness (QED) is 0.280. The summed E-state index contributed by atoms with van der Waals surface area (Å²) in [6.45, 7) is 1.82. The van der Waals surface area contributed by atoms with Crippen LogP contribution in [0, 0.1) is 11.8 Å². The largest absolute Gasteiger partial charge is 0.394 e. The zero-order valence-electron chi connectivity index (χ0n) is 17.4. The van der Waals surface area contributed by atoms with Crippen LogP contribution in [0.3, 0.4) is 0 Å². The third-order valence-corrected chi connectivity index (χ3v) is 4.85. The molecule has 1 aromatic carbocycles. The molecular formula is C22H24N2O8. The van der Waals surface area contributed by atoms with Gasteiger partial charge < -0.3 is 19.3 Å². The first kappa shape index (κ1) is 23.6. The fourth-order valence-electron chi connectivity index (χ4n) is 3.38. The molecule has 0 spiro atoms. The number of rotatable bonds is 10. The molecule has 1 saturated heterocycles. The normalized spacial score (nSPS) is 17.8. The molecule has 4 amide bonds. The van der Waals surface area contributed by atoms with Crippen molar-refractivity contribution < 1.29 is 38.5 Å². The molecule has 1 fully saturated rings. The van der Waals surface area contributed by atoms with Gasteiger partial charge in [0.25, 0.3) is 11.8 Å². The van der Waals surface area contributed by atoms with E-state index in [1.807, 2.05) is 0 Å². The van der Waals surface area contributed by atoms with Crippen LogP contribution in [-0.2, 0) is 23.8 Å². The standard InChI is InChI=1S/C22H24N2O8/c25-8-10-31-12-14-32-13-11-30-9-2-4-15-3-1-5-16-19(15)22(29)24(21(16)28)17-6-7-18(26)23-20(17)27/h1,3,5,17,25H,6-14H2,(H,23,26,27). The highest BCUT2D eigenvalue weighted by Crippen LogP contribution is 2.29. The van der Waals surface area contributed by atoms with Gasteiger partial charge in [0, 0.05) is 12.0 Å². The number of amides is 4. The minimum Gasteiger partial charge on any atom is -0.394 e. The van der Waals surface area contributed by atoms with Gasteiger partial charge in [0.1, 0.15) is 12.6 Å². The number of imide groups is 2. The van der Waals surface area contributed by atoms with Crippen molar-refractivity contribution in [2.24, 2.45) is 0 Å². The van der Waals surface area contributed by atoms with Gasteiger partial charge in [-0.3, -0.25) is 29.4 Å². The Morgan fingerprint density at radius 1 is 1.00 bits per heavy atom. The van der Waals surface area contributed by atoms with Crippen LogP contribution in [0.25, 0.3) is 0 Å². The number of hydrogen-bond acceptors (Lipinski definition) is 8. The van der Waals surface area contributed by atoms with Gasteiger partial charge in [0.15, 0.2) is 0 Å². The predicted octanol–water partition coefficient (Wildman–Crippen LogP) is -0.519. The molecule has 2 aliphatic heterocycles. The van der Waals surface area contributed by atoms with Crippen LogP contribution in [0.4, 0.5) is 0 Å². The Hall–Kier alpha value is -3.10. The Kier molecular flexibility index (Phi) is 8.47. The molecule has 0 bridgehead atoms. The molecule has 1 atom stereocenters. The van der Waals surface area contributed by atoms with E-state index in [-0.39, 0.29) is 43.8 Å². The first-order chi connectivity index (χ1) is 15.5. The van der Waals surface area contributed by atoms with Crippen LogP contribution in [0.2, 0.25) is 0 Å². The topological polar surface area (TPSA) is 131 Å². The molecule has 2 heterocycles. The summed E-state index contributed by atoms with van der Waals surface area (Å²) >= 11 is 0. The van der Waals surface area contributed by atoms with Gasteiger partial charge in [-0.15, -0.1) is 0 Å². The van der Waals surface area contributed by atoms with Crippen LogP contribution in [0.15, 0.2) is 18.2 Å². The molecule has 0 aliphatic carbocycles. The SMILES string of the molecule is O=C1CCC(N2C(=O)c3cccc(C#CCOCCOCCOCCO)c3C2=O)C(=O)N1. The summed E-state index contributed by atoms with van der Waals surface area (Å²) in [5, 5.41) is 10.7. The fourth-order valence-corrected chi connectivity index (χ4v) is 3.38. The zero-order chi connectivity index (χ0) is 22.9. The summed E-state index contributed by atoms with van der Waals surface area (Å²) in [5.74, 6) is 3.42. The Balaban J connectivity index is 1.54. The lowest BCUT2D eigenvalue weighted by atomic mass is 10.0. The summed E-state index contributed by atoms with van der Waals surface area (Å²) in [6, 6.07) is 3.75. The highest BCUT2D eigenvalue weighted by Gasteiger charge is 2.45. The van der Waals surface area contributed by atoms with Gasteiger partial charge in [-0.25, -0.2) is 0 Å². The molecule has 1 aromatic rings. The number of benzene rings is 1. The minimum atomic E-state index is -1.02. The monoisotopic (exact) mass is 444 g/mol. The average molecular weight is 444 g/mol. The number of carbonyl (C=O) groups excluding carboxylic acids is 4. The van der Waals surface area contributed by atoms with Crippen LogP contribution < -0.4 is 5.32 Å². The lowest BCUT2D eigenvalue weighted by Gasteiger charge is -2.27. The molecule has 170 valence electrons. The number of aliphatic hydroxyl groups is 1. The molecule has 0 aromatic heterocycles. The molecule has 2 N–H and O–H groups in total. The number of piperidine rings is 1. The first-order valence-corrected chi connectivity index (χ1v) is 10.2. The highest BCUT2D eigenvalue weighted by molar-refractivity contribution is 6.24. The summed E-state index contributed by atoms with van der Waals surface area (Å²) < 4.78 is 15.7. The fraction of sp³-hybridized carbons (Fsp3) is 0.455. The number of aliphatic hydroxyl groups excluding tert-OH is 1. The Labute approximate surface area is 184 Å². The lowest BCUT2D eigenvalue weighted by Crippen LogP contribution is -2.54. The minimum absolute atomic E-state index is 0.0267. The second-order valence-corrected chi connectivity index (χ2v) is 6.98. The number of nitrogens with one attached hydrogen (secondary N) is 1. The van der Waals surface area contributed by atoms with Crippen LogP contribution in [-0.4, -0.2) is 85.9 Å². The van der Waals surface area contributed by atoms with Gasteiger partial charge in [0.2, 0.25) is 11.8 Å². The Bertz CT molecular complexity index is 949. The van der Waals surface area contributed by atoms with Crippen molar-refractivity contribution in [3.63, 3.8) is 0 Å². The first-order valence-electron chi connectivity index (χ1n) is 10.2. The maximum absolute atomic E-state index is 13.0. The Morgan fingerprint density at radius 3 is 2.44 bits per heavy atom. The lowest BCUT2D eigenvalue weighted by molar-refractivity contribution is -0.136. The van der Waals surface area contributed by atoms with E-state index in [1.165, 1.54) is 6.07 Å². The van der Waals surface area contributed by atoms with Crippen molar-refractivity contribution in [1.29, 1.82) is 0 Å². The van der Waals surface area contributed by atoms with E-state index in [2.05, 4.69) is 17.2 Å². The van der Waals surface area contributed by atoms with Crippen molar-refractivity contribution >= 4 is 23.6 Å². The zero-order valence-corrected chi connectivity index (χ0v) is 17.4. The molecule has 10 heteroatoms. The van der Waals surface area contributed by atoms with Crippen LogP contribution in [0.1, 0.15) is 39.1 Å². The molecule has 0 saturated carbocycles. The Morgan fingerprint density at radius 2 is 1.72 bits per heavy atom. The van der Waals surface area contributed by atoms with E-state index in [1.54, 1.807) is 12.1 Å². The molecule has 32 heavy (non-hydrogen) atoms. The molecule has 0 radical (unpaired) electrons. The van der Waals surface area contributed by atoms with Crippen molar-refractivity contribution in [2.75, 3.05) is 46.2 Å². The molecular weight excluding hydrogens is 420 g/mol. The van der Waals surface area contributed by atoms with E-state index >= 15 is 0 Å². The third kappa shape index (κ3) is 5.57. The molecule has 10 nitrogen and oxygen atoms in total. The van der Waals surface area contributed by atoms with Gasteiger partial charge in [-0.1, -0.05) is 17.9 Å². The second-order valence-electron chi connectivity index (χ2n) is 6.98. The van der Waals surface area contributed by atoms with Gasteiger partial charge in [-0.2, -0.15) is 0 Å². The number of carbonyl (C=O) groups is 4. The molecule has 2 aliphatic rings. The summed E-state index contributed by atoms with van der Waals surface area (Å²) in [7, 11) is 0. The number of nitrogens with zero attached hydrogens (tertiary/aromatic N) is 1.